The molecule has 1 atom stereocenters. The fourth-order valence-corrected chi connectivity index (χ4v) is 5.62. The molecule has 4 rings (SSSR count). The maximum Gasteiger partial charge on any atom is 0.255 e. The molecule has 0 fully saturated rings. The molecule has 2 aromatic heterocycles. The van der Waals surface area contributed by atoms with Crippen molar-refractivity contribution in [1.29, 1.82) is 0 Å². The van der Waals surface area contributed by atoms with Crippen molar-refractivity contribution in [3.63, 3.8) is 0 Å². The van der Waals surface area contributed by atoms with Gasteiger partial charge in [0.05, 0.1) is 25.5 Å². The van der Waals surface area contributed by atoms with Gasteiger partial charge in [0.2, 0.25) is 0 Å². The fraction of sp³-hybridized carbons (Fsp3) is 0.407. The third-order valence-corrected chi connectivity index (χ3v) is 7.66. The van der Waals surface area contributed by atoms with Crippen LogP contribution in [0.25, 0.3) is 0 Å². The average molecular weight is 465 g/mol. The Balaban J connectivity index is 1.66. The smallest absolute Gasteiger partial charge is 0.255 e. The number of furan rings is 1. The fourth-order valence-electron chi connectivity index (χ4n) is 4.35. The molecule has 5 nitrogen and oxygen atoms in total. The van der Waals surface area contributed by atoms with Crippen molar-refractivity contribution >= 4 is 28.5 Å². The van der Waals surface area contributed by atoms with E-state index in [1.54, 1.807) is 24.7 Å². The summed E-state index contributed by atoms with van der Waals surface area (Å²) in [7, 11) is 1.66. The molecule has 33 heavy (non-hydrogen) atoms. The number of carbonyl (C=O) groups excluding carboxylic acids is 1. The van der Waals surface area contributed by atoms with Gasteiger partial charge in [-0.25, -0.2) is 4.99 Å². The lowest BCUT2D eigenvalue weighted by atomic mass is 9.72. The van der Waals surface area contributed by atoms with Gasteiger partial charge in [-0.05, 0) is 84.5 Å². The maximum atomic E-state index is 13.3. The molecule has 0 saturated carbocycles. The van der Waals surface area contributed by atoms with E-state index in [1.165, 1.54) is 4.88 Å². The van der Waals surface area contributed by atoms with Crippen LogP contribution in [0.2, 0.25) is 0 Å². The predicted molar refractivity (Wildman–Crippen MR) is 134 cm³/mol. The van der Waals surface area contributed by atoms with Gasteiger partial charge in [-0.15, -0.1) is 11.3 Å². The number of nitrogens with one attached hydrogen (secondary N) is 1. The molecule has 1 aromatic carbocycles. The Labute approximate surface area is 199 Å². The van der Waals surface area contributed by atoms with Crippen LogP contribution in [0.5, 0.6) is 5.75 Å². The molecule has 2 heterocycles. The molecular formula is C27H32N2O3S. The highest BCUT2D eigenvalue weighted by molar-refractivity contribution is 7.16. The van der Waals surface area contributed by atoms with E-state index in [9.17, 15) is 4.79 Å². The lowest BCUT2D eigenvalue weighted by Gasteiger charge is -2.33. The molecule has 3 aromatic rings. The molecule has 0 bridgehead atoms. The first-order valence-corrected chi connectivity index (χ1v) is 12.2. The molecule has 0 radical (unpaired) electrons. The van der Waals surface area contributed by atoms with Crippen LogP contribution in [0.1, 0.15) is 64.9 Å². The Morgan fingerprint density at radius 2 is 2.15 bits per heavy atom. The van der Waals surface area contributed by atoms with Crippen LogP contribution in [-0.4, -0.2) is 19.2 Å². The Morgan fingerprint density at radius 1 is 1.33 bits per heavy atom. The van der Waals surface area contributed by atoms with Crippen molar-refractivity contribution in [2.45, 2.75) is 53.5 Å². The Bertz CT molecular complexity index is 1150. The third-order valence-electron chi connectivity index (χ3n) is 6.50. The van der Waals surface area contributed by atoms with Crippen molar-refractivity contribution < 1.29 is 13.9 Å². The molecule has 0 aliphatic heterocycles. The largest absolute Gasteiger partial charge is 0.497 e. The second-order valence-electron chi connectivity index (χ2n) is 9.73. The van der Waals surface area contributed by atoms with Gasteiger partial charge in [0.1, 0.15) is 16.5 Å². The summed E-state index contributed by atoms with van der Waals surface area (Å²) in [5, 5.41) is 3.81. The number of nitrogens with zero attached hydrogens (tertiary/aromatic N) is 1. The number of ether oxygens (including phenoxy) is 1. The van der Waals surface area contributed by atoms with E-state index in [0.717, 1.165) is 58.0 Å². The highest BCUT2D eigenvalue weighted by Crippen LogP contribution is 2.45. The zero-order valence-electron chi connectivity index (χ0n) is 20.0. The molecule has 1 N–H and O–H groups in total. The number of fused-ring (bicyclic) bond motifs is 1. The highest BCUT2D eigenvalue weighted by Gasteiger charge is 2.33. The molecule has 0 spiro atoms. The zero-order valence-corrected chi connectivity index (χ0v) is 20.8. The minimum Gasteiger partial charge on any atom is -0.497 e. The lowest BCUT2D eigenvalue weighted by molar-refractivity contribution is 0.0947. The van der Waals surface area contributed by atoms with Crippen LogP contribution in [0.4, 0.5) is 5.00 Å². The summed E-state index contributed by atoms with van der Waals surface area (Å²) in [5.41, 5.74) is 4.22. The number of benzene rings is 1. The van der Waals surface area contributed by atoms with Gasteiger partial charge in [0.25, 0.3) is 5.91 Å². The lowest BCUT2D eigenvalue weighted by Crippen LogP contribution is -2.28. The number of rotatable bonds is 6. The summed E-state index contributed by atoms with van der Waals surface area (Å²) >= 11 is 1.66. The third kappa shape index (κ3) is 5.22. The normalized spacial score (nSPS) is 16.1. The van der Waals surface area contributed by atoms with Crippen LogP contribution in [0.3, 0.4) is 0 Å². The monoisotopic (exact) mass is 464 g/mol. The predicted octanol–water partition coefficient (Wildman–Crippen LogP) is 6.49. The van der Waals surface area contributed by atoms with E-state index >= 15 is 0 Å². The number of aryl methyl sites for hydroxylation is 1. The topological polar surface area (TPSA) is 63.8 Å². The van der Waals surface area contributed by atoms with E-state index < -0.39 is 0 Å². The van der Waals surface area contributed by atoms with Gasteiger partial charge < -0.3 is 14.5 Å². The molecule has 0 saturated heterocycles. The van der Waals surface area contributed by atoms with E-state index in [4.69, 9.17) is 14.1 Å². The first-order valence-electron chi connectivity index (χ1n) is 11.4. The number of methoxy groups -OCH3 is 1. The number of aliphatic imine (C=N–C) groups is 1. The maximum absolute atomic E-state index is 13.3. The summed E-state index contributed by atoms with van der Waals surface area (Å²) in [6.45, 7) is 9.31. The molecule has 1 aliphatic carbocycles. The van der Waals surface area contributed by atoms with E-state index in [0.29, 0.717) is 12.5 Å². The van der Waals surface area contributed by atoms with Crippen LogP contribution in [0, 0.1) is 18.3 Å². The molecule has 0 unspecified atom stereocenters. The van der Waals surface area contributed by atoms with E-state index in [-0.39, 0.29) is 11.3 Å². The minimum absolute atomic E-state index is 0.0864. The van der Waals surface area contributed by atoms with Crippen LogP contribution in [0.15, 0.2) is 46.0 Å². The van der Waals surface area contributed by atoms with E-state index in [2.05, 4.69) is 26.1 Å². The first-order chi connectivity index (χ1) is 15.8. The molecule has 1 aliphatic rings. The van der Waals surface area contributed by atoms with Crippen molar-refractivity contribution in [3.8, 4) is 5.75 Å². The van der Waals surface area contributed by atoms with Crippen LogP contribution in [-0.2, 0) is 19.4 Å². The quantitative estimate of drug-likeness (QED) is 0.424. The SMILES string of the molecule is COc1ccc(C=Nc2sc3c(c2C(=O)NCc2ccco2)CC[C@@H](C(C)(C)C)C3)c(C)c1. The Kier molecular flexibility index (Phi) is 6.75. The van der Waals surface area contributed by atoms with Gasteiger partial charge in [0.15, 0.2) is 0 Å². The standard InChI is InChI=1S/C27H32N2O3S/c1-17-13-20(31-5)10-8-18(17)15-29-26-24(25(30)28-16-21-7-6-12-32-21)22-11-9-19(27(2,3)4)14-23(22)33-26/h6-8,10,12-13,15,19H,9,11,14,16H2,1-5H3,(H,28,30)/t19-/m1/s1. The van der Waals surface area contributed by atoms with Crippen LogP contribution >= 0.6 is 11.3 Å². The second kappa shape index (κ2) is 9.56. The number of amides is 1. The molecule has 174 valence electrons. The number of hydrogen-bond donors (Lipinski definition) is 1. The molecule has 6 heteroatoms. The summed E-state index contributed by atoms with van der Waals surface area (Å²) in [5.74, 6) is 2.07. The van der Waals surface area contributed by atoms with E-state index in [1.807, 2.05) is 43.5 Å². The number of thiophene rings is 1. The van der Waals surface area contributed by atoms with Gasteiger partial charge >= 0.3 is 0 Å². The second-order valence-corrected chi connectivity index (χ2v) is 10.8. The van der Waals surface area contributed by atoms with Gasteiger partial charge in [-0.2, -0.15) is 0 Å². The van der Waals surface area contributed by atoms with Crippen molar-refractivity contribution in [2.75, 3.05) is 7.11 Å². The Hall–Kier alpha value is -2.86. The summed E-state index contributed by atoms with van der Waals surface area (Å²) in [4.78, 5) is 19.4. The first kappa shape index (κ1) is 23.3. The van der Waals surface area contributed by atoms with Crippen molar-refractivity contribution in [2.24, 2.45) is 16.3 Å². The summed E-state index contributed by atoms with van der Waals surface area (Å²) in [6.07, 6.45) is 6.48. The van der Waals surface area contributed by atoms with Gasteiger partial charge in [0, 0.05) is 11.1 Å². The molecule has 1 amide bonds. The minimum atomic E-state index is -0.0864. The Morgan fingerprint density at radius 3 is 2.82 bits per heavy atom. The van der Waals surface area contributed by atoms with Crippen molar-refractivity contribution in [3.05, 3.63) is 69.5 Å². The van der Waals surface area contributed by atoms with Crippen LogP contribution < -0.4 is 10.1 Å². The zero-order chi connectivity index (χ0) is 23.6. The molecular weight excluding hydrogens is 432 g/mol. The summed E-state index contributed by atoms with van der Waals surface area (Å²) in [6, 6.07) is 9.61. The number of hydrogen-bond acceptors (Lipinski definition) is 5. The van der Waals surface area contributed by atoms with Crippen molar-refractivity contribution in [1.82, 2.24) is 5.32 Å². The summed E-state index contributed by atoms with van der Waals surface area (Å²) < 4.78 is 10.7. The number of carbonyl (C=O) groups is 1. The highest BCUT2D eigenvalue weighted by atomic mass is 32.1. The average Bonchev–Trinajstić information content (AvgIpc) is 3.43. The van der Waals surface area contributed by atoms with Gasteiger partial charge in [-0.1, -0.05) is 20.8 Å². The van der Waals surface area contributed by atoms with Gasteiger partial charge in [-0.3, -0.25) is 4.79 Å².